The minimum Gasteiger partial charge on any atom is -0.493 e. The van der Waals surface area contributed by atoms with E-state index in [1.807, 2.05) is 32.0 Å². The fourth-order valence-electron chi connectivity index (χ4n) is 4.76. The molecule has 1 aromatic rings. The van der Waals surface area contributed by atoms with E-state index in [0.717, 1.165) is 18.4 Å². The van der Waals surface area contributed by atoms with Crippen molar-refractivity contribution < 1.29 is 33.3 Å². The van der Waals surface area contributed by atoms with Gasteiger partial charge in [-0.05, 0) is 68.6 Å². The smallest absolute Gasteiger partial charge is 0.305 e. The first kappa shape index (κ1) is 38.2. The molecule has 0 aliphatic carbocycles. The van der Waals surface area contributed by atoms with E-state index in [-0.39, 0.29) is 43.1 Å². The molecule has 0 aliphatic rings. The zero-order chi connectivity index (χ0) is 32.7. The molecular formula is C33H57N3O7. The predicted molar refractivity (Wildman–Crippen MR) is 169 cm³/mol. The van der Waals surface area contributed by atoms with Gasteiger partial charge in [0.15, 0.2) is 11.5 Å². The summed E-state index contributed by atoms with van der Waals surface area (Å²) in [7, 11) is 3.28. The Balaban J connectivity index is 3.13. The fraction of sp³-hybridized carbons (Fsp3) is 0.727. The third-order valence-electron chi connectivity index (χ3n) is 8.04. The normalized spacial score (nSPS) is 14.6. The Kier molecular flexibility index (Phi) is 16.6. The number of primary amides is 1. The highest BCUT2D eigenvalue weighted by molar-refractivity contribution is 5.83. The Hall–Kier alpha value is -2.85. The Morgan fingerprint density at radius 1 is 0.977 bits per heavy atom. The van der Waals surface area contributed by atoms with Crippen molar-refractivity contribution in [3.05, 3.63) is 23.8 Å². The van der Waals surface area contributed by atoms with Crippen molar-refractivity contribution >= 4 is 17.8 Å². The van der Waals surface area contributed by atoms with Gasteiger partial charge in [-0.15, -0.1) is 0 Å². The fourth-order valence-corrected chi connectivity index (χ4v) is 4.76. The first-order valence-corrected chi connectivity index (χ1v) is 15.5. The Bertz CT molecular complexity index is 1010. The lowest BCUT2D eigenvalue weighted by Gasteiger charge is -2.33. The van der Waals surface area contributed by atoms with E-state index in [1.54, 1.807) is 35.0 Å². The number of methoxy groups -OCH3 is 2. The van der Waals surface area contributed by atoms with Crippen molar-refractivity contribution in [3.8, 4) is 11.5 Å². The van der Waals surface area contributed by atoms with E-state index in [1.165, 1.54) is 0 Å². The molecule has 1 aromatic carbocycles. The summed E-state index contributed by atoms with van der Waals surface area (Å²) in [5, 5.41) is 2.87. The molecule has 0 aliphatic heterocycles. The van der Waals surface area contributed by atoms with Crippen LogP contribution in [0.5, 0.6) is 11.5 Å². The Labute approximate surface area is 258 Å². The van der Waals surface area contributed by atoms with Crippen LogP contribution in [0.15, 0.2) is 18.2 Å². The monoisotopic (exact) mass is 607 g/mol. The van der Waals surface area contributed by atoms with Crippen LogP contribution >= 0.6 is 0 Å². The molecular weight excluding hydrogens is 550 g/mol. The van der Waals surface area contributed by atoms with Crippen molar-refractivity contribution in [1.29, 1.82) is 0 Å². The summed E-state index contributed by atoms with van der Waals surface area (Å²) in [5.41, 5.74) is 12.5. The second kappa shape index (κ2) is 18.7. The van der Waals surface area contributed by atoms with E-state index in [0.29, 0.717) is 37.1 Å². The maximum atomic E-state index is 13.3. The van der Waals surface area contributed by atoms with E-state index in [9.17, 15) is 14.4 Å². The first-order chi connectivity index (χ1) is 20.2. The summed E-state index contributed by atoms with van der Waals surface area (Å²) >= 11 is 0. The molecule has 246 valence electrons. The van der Waals surface area contributed by atoms with Gasteiger partial charge in [0.25, 0.3) is 0 Å². The highest BCUT2D eigenvalue weighted by Crippen LogP contribution is 2.32. The molecule has 0 unspecified atom stereocenters. The molecule has 0 spiro atoms. The van der Waals surface area contributed by atoms with Gasteiger partial charge in [-0.2, -0.15) is 0 Å². The molecule has 0 heterocycles. The average molecular weight is 608 g/mol. The second-order valence-electron chi connectivity index (χ2n) is 12.7. The number of benzene rings is 1. The molecule has 5 N–H and O–H groups in total. The lowest BCUT2D eigenvalue weighted by Crippen LogP contribution is -2.47. The quantitative estimate of drug-likeness (QED) is 0.139. The number of hydrogen-bond donors (Lipinski definition) is 3. The van der Waals surface area contributed by atoms with Crippen LogP contribution in [-0.4, -0.2) is 63.9 Å². The molecule has 4 atom stereocenters. The summed E-state index contributed by atoms with van der Waals surface area (Å²) in [6.07, 6.45) is 1.95. The van der Waals surface area contributed by atoms with E-state index in [2.05, 4.69) is 19.2 Å². The van der Waals surface area contributed by atoms with Crippen LogP contribution in [0.3, 0.4) is 0 Å². The van der Waals surface area contributed by atoms with Gasteiger partial charge in [0.05, 0.1) is 19.1 Å². The van der Waals surface area contributed by atoms with E-state index >= 15 is 0 Å². The third kappa shape index (κ3) is 13.1. The Morgan fingerprint density at radius 2 is 1.65 bits per heavy atom. The van der Waals surface area contributed by atoms with Gasteiger partial charge in [0, 0.05) is 45.1 Å². The predicted octanol–water partition coefficient (Wildman–Crippen LogP) is 4.25. The van der Waals surface area contributed by atoms with Gasteiger partial charge in [-0.25, -0.2) is 0 Å². The zero-order valence-corrected chi connectivity index (χ0v) is 27.9. The number of nitrogens with one attached hydrogen (secondary N) is 1. The minimum atomic E-state index is -0.886. The van der Waals surface area contributed by atoms with Gasteiger partial charge >= 0.3 is 5.97 Å². The molecule has 0 radical (unpaired) electrons. The maximum absolute atomic E-state index is 13.3. The largest absolute Gasteiger partial charge is 0.493 e. The molecule has 0 bridgehead atoms. The van der Waals surface area contributed by atoms with Crippen LogP contribution in [-0.2, 0) is 30.3 Å². The van der Waals surface area contributed by atoms with Crippen molar-refractivity contribution in [2.75, 3.05) is 34.0 Å². The average Bonchev–Trinajstić information content (AvgIpc) is 2.95. The number of hydrogen-bond acceptors (Lipinski definition) is 8. The Morgan fingerprint density at radius 3 is 2.19 bits per heavy atom. The van der Waals surface area contributed by atoms with Crippen molar-refractivity contribution in [3.63, 3.8) is 0 Å². The van der Waals surface area contributed by atoms with Crippen LogP contribution in [0.4, 0.5) is 0 Å². The van der Waals surface area contributed by atoms with Gasteiger partial charge < -0.3 is 35.7 Å². The summed E-state index contributed by atoms with van der Waals surface area (Å²) < 4.78 is 22.4. The summed E-state index contributed by atoms with van der Waals surface area (Å²) in [5.74, 6) is 0.237. The highest BCUT2D eigenvalue weighted by Gasteiger charge is 2.34. The molecule has 2 amide bonds. The van der Waals surface area contributed by atoms with Gasteiger partial charge in [-0.1, -0.05) is 40.7 Å². The second-order valence-corrected chi connectivity index (χ2v) is 12.7. The van der Waals surface area contributed by atoms with E-state index in [4.69, 9.17) is 30.4 Å². The number of ether oxygens (including phenoxy) is 4. The summed E-state index contributed by atoms with van der Waals surface area (Å²) in [4.78, 5) is 37.5. The SMILES string of the molecule is CCC(=O)O[C@@H](C[C@H](C(=O)NCC(C)(C)C(N)=O)C(C)C)[C@@H](N)C[C@H](Cc1ccc(OC)c(OCCCOC)c1)C(C)C. The molecule has 10 heteroatoms. The molecule has 10 nitrogen and oxygen atoms in total. The summed E-state index contributed by atoms with van der Waals surface area (Å²) in [6, 6.07) is 5.47. The minimum absolute atomic E-state index is 0.0470. The standard InChI is InChI=1S/C33H57N3O7/c1-10-30(37)43-28(19-25(22(4)5)31(38)36-20-33(6,7)32(35)39)26(34)18-24(21(2)3)16-23-12-13-27(41-9)29(17-23)42-15-11-14-40-8/h12-13,17,21-22,24-26,28H,10-11,14-16,18-20,34H2,1-9H3,(H2,35,39)(H,36,38)/t24-,25-,26-,28-/m0/s1. The van der Waals surface area contributed by atoms with Gasteiger partial charge in [0.2, 0.25) is 11.8 Å². The molecule has 0 fully saturated rings. The van der Waals surface area contributed by atoms with Crippen molar-refractivity contribution in [2.24, 2.45) is 40.6 Å². The topological polar surface area (TPSA) is 152 Å². The molecule has 0 aromatic heterocycles. The molecule has 0 saturated heterocycles. The van der Waals surface area contributed by atoms with Crippen molar-refractivity contribution in [1.82, 2.24) is 5.32 Å². The maximum Gasteiger partial charge on any atom is 0.305 e. The number of amides is 2. The lowest BCUT2D eigenvalue weighted by molar-refractivity contribution is -0.152. The lowest BCUT2D eigenvalue weighted by atomic mass is 9.80. The zero-order valence-electron chi connectivity index (χ0n) is 27.9. The number of esters is 1. The highest BCUT2D eigenvalue weighted by atomic mass is 16.5. The molecule has 1 rings (SSSR count). The van der Waals surface area contributed by atoms with Gasteiger partial charge in [0.1, 0.15) is 6.10 Å². The third-order valence-corrected chi connectivity index (χ3v) is 8.04. The van der Waals surface area contributed by atoms with E-state index < -0.39 is 29.4 Å². The van der Waals surface area contributed by atoms with Crippen molar-refractivity contribution in [2.45, 2.75) is 92.7 Å². The number of rotatable bonds is 21. The molecule has 43 heavy (non-hydrogen) atoms. The van der Waals surface area contributed by atoms with Crippen LogP contribution in [0.25, 0.3) is 0 Å². The number of carbonyl (C=O) groups is 3. The first-order valence-electron chi connectivity index (χ1n) is 15.5. The molecule has 0 saturated carbocycles. The van der Waals surface area contributed by atoms with Crippen LogP contribution < -0.4 is 26.3 Å². The number of carbonyl (C=O) groups excluding carboxylic acids is 3. The number of nitrogens with two attached hydrogens (primary N) is 2. The van der Waals surface area contributed by atoms with Gasteiger partial charge in [-0.3, -0.25) is 14.4 Å². The van der Waals surface area contributed by atoms with Crippen LogP contribution in [0, 0.1) is 29.1 Å². The van der Waals surface area contributed by atoms with Crippen LogP contribution in [0.2, 0.25) is 0 Å². The van der Waals surface area contributed by atoms with Crippen LogP contribution in [0.1, 0.15) is 79.7 Å². The summed E-state index contributed by atoms with van der Waals surface area (Å²) in [6.45, 7) is 14.6.